The Labute approximate surface area is 198 Å². The van der Waals surface area contributed by atoms with Crippen LogP contribution in [0.2, 0.25) is 0 Å². The zero-order valence-electron chi connectivity index (χ0n) is 19.5. The molecule has 2 unspecified atom stereocenters. The molecule has 8 nitrogen and oxygen atoms in total. The molecule has 1 saturated carbocycles. The second-order valence-corrected chi connectivity index (χ2v) is 9.95. The molecule has 3 fully saturated rings. The molecule has 3 aliphatic rings. The van der Waals surface area contributed by atoms with Gasteiger partial charge in [0.05, 0.1) is 22.8 Å². The van der Waals surface area contributed by atoms with Gasteiger partial charge in [-0.15, -0.1) is 0 Å². The summed E-state index contributed by atoms with van der Waals surface area (Å²) in [7, 11) is 1.62. The van der Waals surface area contributed by atoms with Crippen molar-refractivity contribution in [2.45, 2.75) is 37.1 Å². The van der Waals surface area contributed by atoms with Crippen LogP contribution in [0.5, 0.6) is 0 Å². The van der Waals surface area contributed by atoms with Gasteiger partial charge in [-0.3, -0.25) is 14.5 Å². The molecule has 3 aromatic rings. The van der Waals surface area contributed by atoms with E-state index in [1.54, 1.807) is 19.3 Å². The van der Waals surface area contributed by atoms with Crippen molar-refractivity contribution < 1.29 is 4.79 Å². The van der Waals surface area contributed by atoms with E-state index in [4.69, 9.17) is 4.98 Å². The molecule has 2 saturated heterocycles. The third-order valence-corrected chi connectivity index (χ3v) is 8.12. The highest BCUT2D eigenvalue weighted by Gasteiger charge is 2.60. The standard InChI is InChI=1S/C26H30N6O2/c1-27-24(34)22-7-6-19(15-28-22)31-12-9-18(10-13-31)32-11-8-17-14-26(17,16-32)25-29-21-5-3-2-4-20(21)23(33)30-25/h2-7,15,17-18H,8-14,16H2,1H3,(H,27,34)(H,29,30,33). The van der Waals surface area contributed by atoms with Crippen molar-refractivity contribution in [3.8, 4) is 0 Å². The van der Waals surface area contributed by atoms with Crippen LogP contribution >= 0.6 is 0 Å². The summed E-state index contributed by atoms with van der Waals surface area (Å²) in [5.41, 5.74) is 2.28. The Morgan fingerprint density at radius 1 is 1.12 bits per heavy atom. The van der Waals surface area contributed by atoms with Crippen molar-refractivity contribution in [3.05, 3.63) is 64.5 Å². The van der Waals surface area contributed by atoms with E-state index in [1.165, 1.54) is 6.42 Å². The Kier molecular flexibility index (Phi) is 5.13. The van der Waals surface area contributed by atoms with Crippen LogP contribution in [-0.2, 0) is 5.41 Å². The van der Waals surface area contributed by atoms with Crippen molar-refractivity contribution in [2.75, 3.05) is 38.1 Å². The van der Waals surface area contributed by atoms with Gasteiger partial charge in [-0.05, 0) is 62.4 Å². The molecule has 1 aromatic carbocycles. The first kappa shape index (κ1) is 21.3. The number of carbonyl (C=O) groups is 1. The number of anilines is 1. The minimum atomic E-state index is -0.162. The fourth-order valence-corrected chi connectivity index (χ4v) is 6.04. The molecule has 6 rings (SSSR count). The molecular weight excluding hydrogens is 428 g/mol. The number of nitrogens with one attached hydrogen (secondary N) is 2. The summed E-state index contributed by atoms with van der Waals surface area (Å²) in [6.07, 6.45) is 6.28. The number of hydrogen-bond donors (Lipinski definition) is 2. The second-order valence-electron chi connectivity index (χ2n) is 9.95. The first-order chi connectivity index (χ1) is 16.6. The van der Waals surface area contributed by atoms with Crippen LogP contribution in [0.1, 0.15) is 42.0 Å². The SMILES string of the molecule is CNC(=O)c1ccc(N2CCC(N3CCC4CC4(c4nc5ccccc5c(=O)[nH]4)C3)CC2)cn1. The summed E-state index contributed by atoms with van der Waals surface area (Å²) in [4.78, 5) is 41.8. The lowest BCUT2D eigenvalue weighted by atomic mass is 9.92. The number of hydrogen-bond acceptors (Lipinski definition) is 6. The zero-order valence-corrected chi connectivity index (χ0v) is 19.5. The third-order valence-electron chi connectivity index (χ3n) is 8.12. The second kappa shape index (κ2) is 8.20. The molecule has 0 spiro atoms. The van der Waals surface area contributed by atoms with Gasteiger partial charge in [0, 0.05) is 38.1 Å². The smallest absolute Gasteiger partial charge is 0.269 e. The van der Waals surface area contributed by atoms with Gasteiger partial charge in [0.2, 0.25) is 0 Å². The number of H-pyrrole nitrogens is 1. The van der Waals surface area contributed by atoms with E-state index in [-0.39, 0.29) is 16.9 Å². The van der Waals surface area contributed by atoms with Gasteiger partial charge in [0.1, 0.15) is 11.5 Å². The summed E-state index contributed by atoms with van der Waals surface area (Å²) in [5, 5.41) is 3.28. The molecule has 1 aliphatic carbocycles. The van der Waals surface area contributed by atoms with E-state index in [2.05, 4.69) is 25.1 Å². The van der Waals surface area contributed by atoms with Gasteiger partial charge in [-0.25, -0.2) is 9.97 Å². The number of pyridine rings is 1. The number of rotatable bonds is 4. The van der Waals surface area contributed by atoms with Gasteiger partial charge < -0.3 is 15.2 Å². The van der Waals surface area contributed by atoms with E-state index < -0.39 is 0 Å². The van der Waals surface area contributed by atoms with E-state index in [0.717, 1.165) is 62.5 Å². The van der Waals surface area contributed by atoms with E-state index in [9.17, 15) is 9.59 Å². The number of amides is 1. The van der Waals surface area contributed by atoms with Crippen LogP contribution in [0.3, 0.4) is 0 Å². The number of likely N-dealkylation sites (tertiary alicyclic amines) is 1. The van der Waals surface area contributed by atoms with E-state index >= 15 is 0 Å². The largest absolute Gasteiger partial charge is 0.370 e. The third kappa shape index (κ3) is 3.57. The average molecular weight is 459 g/mol. The Hall–Kier alpha value is -3.26. The average Bonchev–Trinajstić information content (AvgIpc) is 3.64. The predicted octanol–water partition coefficient (Wildman–Crippen LogP) is 2.31. The Balaban J connectivity index is 1.14. The molecule has 0 bridgehead atoms. The van der Waals surface area contributed by atoms with Crippen molar-refractivity contribution in [1.29, 1.82) is 0 Å². The maximum absolute atomic E-state index is 12.7. The lowest BCUT2D eigenvalue weighted by Crippen LogP contribution is -2.50. The Morgan fingerprint density at radius 3 is 2.71 bits per heavy atom. The molecule has 34 heavy (non-hydrogen) atoms. The van der Waals surface area contributed by atoms with Gasteiger partial charge in [0.15, 0.2) is 0 Å². The molecule has 4 heterocycles. The molecule has 2 atom stereocenters. The topological polar surface area (TPSA) is 94.2 Å². The van der Waals surface area contributed by atoms with Crippen LogP contribution in [0, 0.1) is 5.92 Å². The number of benzene rings is 1. The highest BCUT2D eigenvalue weighted by atomic mass is 16.1. The van der Waals surface area contributed by atoms with Crippen molar-refractivity contribution in [1.82, 2.24) is 25.2 Å². The number of para-hydroxylation sites is 1. The van der Waals surface area contributed by atoms with Crippen molar-refractivity contribution >= 4 is 22.5 Å². The summed E-state index contributed by atoms with van der Waals surface area (Å²) in [5.74, 6) is 1.34. The number of nitrogens with zero attached hydrogens (tertiary/aromatic N) is 4. The number of carbonyl (C=O) groups excluding carboxylic acids is 1. The van der Waals surface area contributed by atoms with E-state index in [0.29, 0.717) is 23.0 Å². The molecule has 2 aliphatic heterocycles. The minimum absolute atomic E-state index is 0.00181. The minimum Gasteiger partial charge on any atom is -0.370 e. The van der Waals surface area contributed by atoms with Crippen molar-refractivity contribution in [2.24, 2.45) is 5.92 Å². The van der Waals surface area contributed by atoms with Gasteiger partial charge in [0.25, 0.3) is 11.5 Å². The quantitative estimate of drug-likeness (QED) is 0.623. The maximum atomic E-state index is 12.7. The van der Waals surface area contributed by atoms with Gasteiger partial charge in [-0.1, -0.05) is 12.1 Å². The number of piperidine rings is 2. The van der Waals surface area contributed by atoms with Gasteiger partial charge >= 0.3 is 0 Å². The maximum Gasteiger partial charge on any atom is 0.269 e. The summed E-state index contributed by atoms with van der Waals surface area (Å²) in [6, 6.07) is 11.9. The first-order valence-electron chi connectivity index (χ1n) is 12.2. The summed E-state index contributed by atoms with van der Waals surface area (Å²) >= 11 is 0. The lowest BCUT2D eigenvalue weighted by Gasteiger charge is -2.42. The Morgan fingerprint density at radius 2 is 1.94 bits per heavy atom. The van der Waals surface area contributed by atoms with Crippen molar-refractivity contribution in [3.63, 3.8) is 0 Å². The molecule has 0 radical (unpaired) electrons. The molecular formula is C26H30N6O2. The highest BCUT2D eigenvalue weighted by molar-refractivity contribution is 5.92. The molecule has 2 aromatic heterocycles. The number of aromatic nitrogens is 3. The summed E-state index contributed by atoms with van der Waals surface area (Å²) < 4.78 is 0. The first-order valence-corrected chi connectivity index (χ1v) is 12.2. The molecule has 1 amide bonds. The number of aromatic amines is 1. The monoisotopic (exact) mass is 458 g/mol. The fourth-order valence-electron chi connectivity index (χ4n) is 6.04. The fraction of sp³-hybridized carbons (Fsp3) is 0.462. The predicted molar refractivity (Wildman–Crippen MR) is 131 cm³/mol. The molecule has 2 N–H and O–H groups in total. The van der Waals surface area contributed by atoms with Crippen LogP contribution in [0.25, 0.3) is 10.9 Å². The zero-order chi connectivity index (χ0) is 23.3. The van der Waals surface area contributed by atoms with Crippen LogP contribution in [0.4, 0.5) is 5.69 Å². The molecule has 176 valence electrons. The number of fused-ring (bicyclic) bond motifs is 2. The highest BCUT2D eigenvalue weighted by Crippen LogP contribution is 2.58. The van der Waals surface area contributed by atoms with Crippen LogP contribution < -0.4 is 15.8 Å². The summed E-state index contributed by atoms with van der Waals surface area (Å²) in [6.45, 7) is 4.05. The normalized spacial score (nSPS) is 25.2. The van der Waals surface area contributed by atoms with E-state index in [1.807, 2.05) is 30.3 Å². The van der Waals surface area contributed by atoms with Gasteiger partial charge in [-0.2, -0.15) is 0 Å². The molecule has 8 heteroatoms. The van der Waals surface area contributed by atoms with Crippen LogP contribution in [0.15, 0.2) is 47.4 Å². The lowest BCUT2D eigenvalue weighted by molar-refractivity contribution is 0.0958. The van der Waals surface area contributed by atoms with Crippen LogP contribution in [-0.4, -0.2) is 65.0 Å². The Bertz CT molecular complexity index is 1280.